The second-order valence-electron chi connectivity index (χ2n) is 5.80. The number of carboxylic acids is 1. The molecule has 4 nitrogen and oxygen atoms in total. The van der Waals surface area contributed by atoms with Crippen LogP contribution in [0.1, 0.15) is 52.5 Å². The second-order valence-corrected chi connectivity index (χ2v) is 5.80. The van der Waals surface area contributed by atoms with Gasteiger partial charge in [-0.15, -0.1) is 0 Å². The number of allylic oxidation sites excluding steroid dienone is 1. The average molecular weight is 317 g/mol. The van der Waals surface area contributed by atoms with Gasteiger partial charge in [0.1, 0.15) is 5.75 Å². The van der Waals surface area contributed by atoms with E-state index in [1.165, 1.54) is 0 Å². The number of rotatable bonds is 8. The lowest BCUT2D eigenvalue weighted by Gasteiger charge is -2.12. The average Bonchev–Trinajstić information content (AvgIpc) is 2.56. The van der Waals surface area contributed by atoms with Gasteiger partial charge in [0.15, 0.2) is 5.70 Å². The Morgan fingerprint density at radius 1 is 1.26 bits per heavy atom. The zero-order chi connectivity index (χ0) is 17.4. The molecule has 0 fully saturated rings. The number of unbranched alkanes of at least 4 members (excludes halogenated alkanes) is 1. The molecule has 0 heterocycles. The van der Waals surface area contributed by atoms with Crippen molar-refractivity contribution in [2.75, 3.05) is 7.11 Å². The molecule has 4 heteroatoms. The van der Waals surface area contributed by atoms with E-state index in [1.807, 2.05) is 31.2 Å². The van der Waals surface area contributed by atoms with Gasteiger partial charge in [-0.05, 0) is 49.5 Å². The Labute approximate surface area is 138 Å². The molecule has 0 radical (unpaired) electrons. The Morgan fingerprint density at radius 2 is 1.87 bits per heavy atom. The Balaban J connectivity index is 3.14. The standard InChI is InChI=1S/C19H27NO3/c1-6-7-8-13(2)15(4)20-18(19(21)22)14(3)16-9-11-17(23-5)12-10-16/h9-13H,6-8H2,1-5H3,(H,21,22)/b18-14+,20-15?. The van der Waals surface area contributed by atoms with Crippen molar-refractivity contribution in [3.05, 3.63) is 35.5 Å². The molecule has 0 aliphatic rings. The summed E-state index contributed by atoms with van der Waals surface area (Å²) >= 11 is 0. The molecule has 0 aromatic heterocycles. The lowest BCUT2D eigenvalue weighted by atomic mass is 9.99. The van der Waals surface area contributed by atoms with Crippen molar-refractivity contribution in [2.24, 2.45) is 10.9 Å². The van der Waals surface area contributed by atoms with Gasteiger partial charge in [0.25, 0.3) is 0 Å². The normalized spacial score (nSPS) is 14.2. The number of carbonyl (C=O) groups is 1. The highest BCUT2D eigenvalue weighted by atomic mass is 16.5. The highest BCUT2D eigenvalue weighted by Crippen LogP contribution is 2.23. The van der Waals surface area contributed by atoms with Gasteiger partial charge < -0.3 is 9.84 Å². The molecule has 126 valence electrons. The molecule has 0 amide bonds. The minimum atomic E-state index is -1.000. The third-order valence-corrected chi connectivity index (χ3v) is 4.07. The Hall–Kier alpha value is -2.10. The maximum atomic E-state index is 11.6. The third kappa shape index (κ3) is 5.55. The molecule has 0 aliphatic heterocycles. The van der Waals surface area contributed by atoms with Crippen LogP contribution in [0.4, 0.5) is 0 Å². The first kappa shape index (κ1) is 18.9. The minimum absolute atomic E-state index is 0.107. The van der Waals surface area contributed by atoms with Crippen molar-refractivity contribution in [1.29, 1.82) is 0 Å². The van der Waals surface area contributed by atoms with Gasteiger partial charge in [0, 0.05) is 5.71 Å². The Kier molecular flexibility index (Phi) is 7.52. The van der Waals surface area contributed by atoms with Crippen molar-refractivity contribution in [3.63, 3.8) is 0 Å². The van der Waals surface area contributed by atoms with Gasteiger partial charge in [-0.1, -0.05) is 38.8 Å². The second kappa shape index (κ2) is 9.13. The number of methoxy groups -OCH3 is 1. The number of ether oxygens (including phenoxy) is 1. The van der Waals surface area contributed by atoms with Crippen LogP contribution in [-0.4, -0.2) is 23.9 Å². The van der Waals surface area contributed by atoms with Crippen LogP contribution in [0.5, 0.6) is 5.75 Å². The summed E-state index contributed by atoms with van der Waals surface area (Å²) in [5.41, 5.74) is 2.46. The molecule has 0 spiro atoms. The number of carboxylic acid groups (broad SMARTS) is 1. The maximum absolute atomic E-state index is 11.6. The van der Waals surface area contributed by atoms with Gasteiger partial charge in [-0.25, -0.2) is 9.79 Å². The van der Waals surface area contributed by atoms with E-state index >= 15 is 0 Å². The molecule has 1 unspecified atom stereocenters. The van der Waals surface area contributed by atoms with Gasteiger partial charge >= 0.3 is 5.97 Å². The molecule has 23 heavy (non-hydrogen) atoms. The van der Waals surface area contributed by atoms with Crippen LogP contribution < -0.4 is 4.74 Å². The first-order valence-electron chi connectivity index (χ1n) is 8.04. The molecule has 1 atom stereocenters. The van der Waals surface area contributed by atoms with Gasteiger partial charge in [-0.2, -0.15) is 0 Å². The fourth-order valence-corrected chi connectivity index (χ4v) is 2.28. The quantitative estimate of drug-likeness (QED) is 0.553. The van der Waals surface area contributed by atoms with Crippen LogP contribution in [0.25, 0.3) is 5.57 Å². The molecule has 1 rings (SSSR count). The van der Waals surface area contributed by atoms with E-state index < -0.39 is 5.97 Å². The van der Waals surface area contributed by atoms with E-state index in [1.54, 1.807) is 14.0 Å². The largest absolute Gasteiger partial charge is 0.497 e. The SMILES string of the molecule is CCCCC(C)C(C)=N/C(C(=O)O)=C(\C)c1ccc(OC)cc1. The molecule has 0 aliphatic carbocycles. The van der Waals surface area contributed by atoms with Crippen LogP contribution in [0, 0.1) is 5.92 Å². The molecular weight excluding hydrogens is 290 g/mol. The van der Waals surface area contributed by atoms with E-state index in [-0.39, 0.29) is 11.6 Å². The topological polar surface area (TPSA) is 58.9 Å². The summed E-state index contributed by atoms with van der Waals surface area (Å²) in [6.07, 6.45) is 3.28. The summed E-state index contributed by atoms with van der Waals surface area (Å²) in [6.45, 7) is 7.94. The smallest absolute Gasteiger partial charge is 0.354 e. The molecular formula is C19H27NO3. The van der Waals surface area contributed by atoms with Crippen molar-refractivity contribution >= 4 is 17.3 Å². The van der Waals surface area contributed by atoms with E-state index in [4.69, 9.17) is 4.74 Å². The Morgan fingerprint density at radius 3 is 2.35 bits per heavy atom. The van der Waals surface area contributed by atoms with E-state index in [9.17, 15) is 9.90 Å². The van der Waals surface area contributed by atoms with Crippen molar-refractivity contribution in [2.45, 2.75) is 47.0 Å². The lowest BCUT2D eigenvalue weighted by Crippen LogP contribution is -2.10. The third-order valence-electron chi connectivity index (χ3n) is 4.07. The highest BCUT2D eigenvalue weighted by molar-refractivity contribution is 5.99. The van der Waals surface area contributed by atoms with Crippen molar-refractivity contribution in [3.8, 4) is 5.75 Å². The van der Waals surface area contributed by atoms with Gasteiger partial charge in [0.2, 0.25) is 0 Å². The predicted octanol–water partition coefficient (Wildman–Crippen LogP) is 4.80. The first-order chi connectivity index (χ1) is 10.9. The van der Waals surface area contributed by atoms with E-state index in [0.29, 0.717) is 5.57 Å². The lowest BCUT2D eigenvalue weighted by molar-refractivity contribution is -0.132. The van der Waals surface area contributed by atoms with Crippen LogP contribution in [0.3, 0.4) is 0 Å². The zero-order valence-corrected chi connectivity index (χ0v) is 14.7. The summed E-state index contributed by atoms with van der Waals surface area (Å²) in [5, 5.41) is 9.52. The molecule has 0 bridgehead atoms. The zero-order valence-electron chi connectivity index (χ0n) is 14.7. The molecule has 1 aromatic carbocycles. The minimum Gasteiger partial charge on any atom is -0.497 e. The monoisotopic (exact) mass is 317 g/mol. The summed E-state index contributed by atoms with van der Waals surface area (Å²) < 4.78 is 5.13. The maximum Gasteiger partial charge on any atom is 0.354 e. The van der Waals surface area contributed by atoms with E-state index in [2.05, 4.69) is 18.8 Å². The molecule has 0 saturated carbocycles. The summed E-state index contributed by atoms with van der Waals surface area (Å²) in [7, 11) is 1.60. The summed E-state index contributed by atoms with van der Waals surface area (Å²) in [5.74, 6) is 0.0274. The van der Waals surface area contributed by atoms with Gasteiger partial charge in [-0.3, -0.25) is 0 Å². The van der Waals surface area contributed by atoms with Crippen LogP contribution in [0.15, 0.2) is 35.0 Å². The van der Waals surface area contributed by atoms with Crippen molar-refractivity contribution < 1.29 is 14.6 Å². The number of nitrogens with zero attached hydrogens (tertiary/aromatic N) is 1. The number of aliphatic imine (C=N–C) groups is 1. The van der Waals surface area contributed by atoms with Crippen LogP contribution in [-0.2, 0) is 4.79 Å². The van der Waals surface area contributed by atoms with Crippen molar-refractivity contribution in [1.82, 2.24) is 0 Å². The molecule has 1 N–H and O–H groups in total. The van der Waals surface area contributed by atoms with Crippen LogP contribution in [0.2, 0.25) is 0 Å². The van der Waals surface area contributed by atoms with Crippen LogP contribution >= 0.6 is 0 Å². The molecule has 1 aromatic rings. The first-order valence-corrected chi connectivity index (χ1v) is 8.04. The summed E-state index contributed by atoms with van der Waals surface area (Å²) in [6, 6.07) is 7.34. The molecule has 0 saturated heterocycles. The van der Waals surface area contributed by atoms with Gasteiger partial charge in [0.05, 0.1) is 7.11 Å². The number of benzene rings is 1. The fourth-order valence-electron chi connectivity index (χ4n) is 2.28. The van der Waals surface area contributed by atoms with E-state index in [0.717, 1.165) is 36.3 Å². The Bertz CT molecular complexity index is 585. The number of aliphatic carboxylic acids is 1. The number of hydrogen-bond acceptors (Lipinski definition) is 3. The highest BCUT2D eigenvalue weighted by Gasteiger charge is 2.14. The predicted molar refractivity (Wildman–Crippen MR) is 95.0 cm³/mol. The summed E-state index contributed by atoms with van der Waals surface area (Å²) in [4.78, 5) is 16.0. The number of hydrogen-bond donors (Lipinski definition) is 1. The fraction of sp³-hybridized carbons (Fsp3) is 0.474.